The van der Waals surface area contributed by atoms with E-state index in [4.69, 9.17) is 15.0 Å². The Hall–Kier alpha value is -6.23. The largest absolute Gasteiger partial charge is 0.208 e. The van der Waals surface area contributed by atoms with Crippen LogP contribution in [0.5, 0.6) is 0 Å². The van der Waals surface area contributed by atoms with Crippen LogP contribution in [0.1, 0.15) is 61.4 Å². The number of aromatic nitrogens is 3. The Morgan fingerprint density at radius 2 is 1.11 bits per heavy atom. The van der Waals surface area contributed by atoms with Gasteiger partial charge in [-0.2, -0.15) is 0 Å². The summed E-state index contributed by atoms with van der Waals surface area (Å²) in [6, 6.07) is 57.1. The molecule has 0 amide bonds. The van der Waals surface area contributed by atoms with Gasteiger partial charge in [-0.25, -0.2) is 15.0 Å². The highest BCUT2D eigenvalue weighted by molar-refractivity contribution is 7.26. The maximum Gasteiger partial charge on any atom is 0.165 e. The minimum absolute atomic E-state index is 0.0638. The lowest BCUT2D eigenvalue weighted by molar-refractivity contribution is 0.300. The Balaban J connectivity index is 1.10. The molecule has 9 aromatic rings. The quantitative estimate of drug-likeness (QED) is 0.180. The van der Waals surface area contributed by atoms with Gasteiger partial charge in [0.2, 0.25) is 0 Å². The average Bonchev–Trinajstić information content (AvgIpc) is 3.79. The van der Waals surface area contributed by atoms with Crippen molar-refractivity contribution in [1.29, 1.82) is 0 Å². The Labute approximate surface area is 331 Å². The zero-order chi connectivity index (χ0) is 37.8. The first-order valence-electron chi connectivity index (χ1n) is 19.5. The molecule has 0 spiro atoms. The number of hydrogen-bond donors (Lipinski definition) is 0. The van der Waals surface area contributed by atoms with E-state index in [0.29, 0.717) is 17.5 Å². The normalized spacial score (nSPS) is 16.0. The molecule has 268 valence electrons. The van der Waals surface area contributed by atoms with E-state index in [2.05, 4.69) is 167 Å². The predicted molar refractivity (Wildman–Crippen MR) is 233 cm³/mol. The molecule has 0 N–H and O–H groups in total. The molecule has 0 bridgehead atoms. The summed E-state index contributed by atoms with van der Waals surface area (Å²) < 4.78 is 2.45. The van der Waals surface area contributed by atoms with Crippen molar-refractivity contribution in [2.24, 2.45) is 0 Å². The van der Waals surface area contributed by atoms with Crippen LogP contribution in [-0.4, -0.2) is 15.0 Å². The molecule has 0 aliphatic heterocycles. The topological polar surface area (TPSA) is 38.7 Å². The van der Waals surface area contributed by atoms with E-state index in [0.717, 1.165) is 16.7 Å². The lowest BCUT2D eigenvalue weighted by atomic mass is 9.54. The summed E-state index contributed by atoms with van der Waals surface area (Å²) in [7, 11) is 0. The molecule has 2 heterocycles. The van der Waals surface area contributed by atoms with Crippen LogP contribution in [0.25, 0.3) is 76.6 Å². The molecule has 2 aliphatic rings. The Bertz CT molecular complexity index is 3040. The smallest absolute Gasteiger partial charge is 0.165 e. The molecule has 7 aromatic carbocycles. The van der Waals surface area contributed by atoms with Crippen molar-refractivity contribution in [3.63, 3.8) is 0 Å². The third-order valence-corrected chi connectivity index (χ3v) is 14.2. The third kappa shape index (κ3) is 4.72. The van der Waals surface area contributed by atoms with E-state index in [1.807, 2.05) is 18.2 Å². The van der Waals surface area contributed by atoms with Gasteiger partial charge in [0.1, 0.15) is 0 Å². The summed E-state index contributed by atoms with van der Waals surface area (Å²) in [6.07, 6.45) is 0. The highest BCUT2D eigenvalue weighted by atomic mass is 32.1. The molecular formula is C52H39N3S. The second kappa shape index (κ2) is 12.1. The van der Waals surface area contributed by atoms with E-state index in [9.17, 15) is 0 Å². The molecule has 1 unspecified atom stereocenters. The van der Waals surface area contributed by atoms with Gasteiger partial charge in [0.15, 0.2) is 17.5 Å². The van der Waals surface area contributed by atoms with Crippen molar-refractivity contribution in [2.45, 2.75) is 44.4 Å². The van der Waals surface area contributed by atoms with Crippen molar-refractivity contribution < 1.29 is 0 Å². The second-order valence-corrected chi connectivity index (χ2v) is 17.4. The fourth-order valence-corrected chi connectivity index (χ4v) is 10.8. The SMILES string of the molecule is CC1(C)c2ccccc2-c2ccc3c(c2C1(C)C)-c1ccccc1C3c1cccc(-c2nc(-c3ccccc3)nc(-c3cccc4c3sc3ccccc34)n2)c1. The molecule has 56 heavy (non-hydrogen) atoms. The van der Waals surface area contributed by atoms with E-state index in [1.165, 1.54) is 70.2 Å². The molecule has 4 heteroatoms. The van der Waals surface area contributed by atoms with Crippen LogP contribution in [0.3, 0.4) is 0 Å². The van der Waals surface area contributed by atoms with E-state index in [-0.39, 0.29) is 16.7 Å². The van der Waals surface area contributed by atoms with Crippen LogP contribution in [-0.2, 0) is 10.8 Å². The summed E-state index contributed by atoms with van der Waals surface area (Å²) >= 11 is 1.80. The summed E-state index contributed by atoms with van der Waals surface area (Å²) in [5, 5.41) is 2.48. The van der Waals surface area contributed by atoms with Crippen LogP contribution in [0.4, 0.5) is 0 Å². The van der Waals surface area contributed by atoms with Crippen molar-refractivity contribution in [3.8, 4) is 56.4 Å². The van der Waals surface area contributed by atoms with E-state index >= 15 is 0 Å². The van der Waals surface area contributed by atoms with Crippen LogP contribution >= 0.6 is 11.3 Å². The lowest BCUT2D eigenvalue weighted by Gasteiger charge is -2.49. The minimum atomic E-state index is -0.113. The average molecular weight is 738 g/mol. The molecule has 0 fully saturated rings. The minimum Gasteiger partial charge on any atom is -0.208 e. The fourth-order valence-electron chi connectivity index (χ4n) is 9.56. The molecule has 3 nitrogen and oxygen atoms in total. The maximum atomic E-state index is 5.27. The number of fused-ring (bicyclic) bond motifs is 10. The first-order valence-corrected chi connectivity index (χ1v) is 20.3. The molecular weight excluding hydrogens is 699 g/mol. The molecule has 1 atom stereocenters. The fraction of sp³-hybridized carbons (Fsp3) is 0.135. The zero-order valence-corrected chi connectivity index (χ0v) is 32.7. The van der Waals surface area contributed by atoms with Gasteiger partial charge < -0.3 is 0 Å². The highest BCUT2D eigenvalue weighted by Crippen LogP contribution is 2.60. The molecule has 2 aliphatic carbocycles. The summed E-state index contributed by atoms with van der Waals surface area (Å²) in [6.45, 7) is 9.73. The van der Waals surface area contributed by atoms with Crippen molar-refractivity contribution in [3.05, 3.63) is 186 Å². The van der Waals surface area contributed by atoms with Gasteiger partial charge in [-0.15, -0.1) is 11.3 Å². The van der Waals surface area contributed by atoms with Crippen LogP contribution in [0.15, 0.2) is 158 Å². The first kappa shape index (κ1) is 33.1. The number of rotatable bonds is 4. The number of benzene rings is 7. The number of hydrogen-bond acceptors (Lipinski definition) is 4. The summed E-state index contributed by atoms with van der Waals surface area (Å²) in [4.78, 5) is 15.6. The molecule has 11 rings (SSSR count). The zero-order valence-electron chi connectivity index (χ0n) is 31.8. The number of thiophene rings is 1. The van der Waals surface area contributed by atoms with Gasteiger partial charge in [-0.05, 0) is 73.7 Å². The number of nitrogens with zero attached hydrogens (tertiary/aromatic N) is 3. The molecule has 0 saturated carbocycles. The van der Waals surface area contributed by atoms with Crippen LogP contribution in [0.2, 0.25) is 0 Å². The van der Waals surface area contributed by atoms with Gasteiger partial charge >= 0.3 is 0 Å². The van der Waals surface area contributed by atoms with Crippen LogP contribution < -0.4 is 0 Å². The van der Waals surface area contributed by atoms with Gasteiger partial charge in [-0.3, -0.25) is 0 Å². The lowest BCUT2D eigenvalue weighted by Crippen LogP contribution is -2.44. The Morgan fingerprint density at radius 3 is 1.96 bits per heavy atom. The monoisotopic (exact) mass is 737 g/mol. The van der Waals surface area contributed by atoms with Crippen molar-refractivity contribution >= 4 is 31.5 Å². The molecule has 0 radical (unpaired) electrons. The van der Waals surface area contributed by atoms with Gasteiger partial charge in [0, 0.05) is 48.2 Å². The first-order chi connectivity index (χ1) is 27.3. The molecule has 2 aromatic heterocycles. The molecule has 0 saturated heterocycles. The van der Waals surface area contributed by atoms with Crippen molar-refractivity contribution in [2.75, 3.05) is 0 Å². The van der Waals surface area contributed by atoms with Gasteiger partial charge in [0.05, 0.1) is 0 Å². The summed E-state index contributed by atoms with van der Waals surface area (Å²) in [5.74, 6) is 2.10. The van der Waals surface area contributed by atoms with Gasteiger partial charge in [-0.1, -0.05) is 167 Å². The third-order valence-electron chi connectivity index (χ3n) is 13.0. The highest BCUT2D eigenvalue weighted by Gasteiger charge is 2.49. The van der Waals surface area contributed by atoms with Crippen LogP contribution in [0, 0.1) is 0 Å². The van der Waals surface area contributed by atoms with Crippen molar-refractivity contribution in [1.82, 2.24) is 15.0 Å². The summed E-state index contributed by atoms with van der Waals surface area (Å²) in [5.41, 5.74) is 15.0. The Morgan fingerprint density at radius 1 is 0.464 bits per heavy atom. The maximum absolute atomic E-state index is 5.27. The van der Waals surface area contributed by atoms with Gasteiger partial charge in [0.25, 0.3) is 0 Å². The van der Waals surface area contributed by atoms with E-state index < -0.39 is 0 Å². The second-order valence-electron chi connectivity index (χ2n) is 16.3. The predicted octanol–water partition coefficient (Wildman–Crippen LogP) is 13.6. The standard InChI is InChI=1S/C52H39N3S/c1-51(2)42-26-12-10-20-34(42)38-28-29-40-44(36-22-8-9-23-37(36)45(40)46(38)52(51,3)4)32-18-14-19-33(30-32)49-53-48(31-16-6-5-7-17-31)54-50(55-49)41-25-15-24-39-35-21-11-13-27-43(35)56-47(39)41/h5-30,44H,1-4H3. The van der Waals surface area contributed by atoms with E-state index in [1.54, 1.807) is 11.3 Å². The Kier molecular flexibility index (Phi) is 7.18.